The molecule has 76 valence electrons. The fraction of sp³-hybridized carbons (Fsp3) is 0.667. The number of hydroxylamine groups is 1. The van der Waals surface area contributed by atoms with Crippen molar-refractivity contribution < 1.29 is 14.4 Å². The lowest BCUT2D eigenvalue weighted by Gasteiger charge is -2.19. The number of nitrogens with one attached hydrogen (secondary N) is 1. The van der Waals surface area contributed by atoms with Gasteiger partial charge in [0.25, 0.3) is 0 Å². The number of ether oxygens (including phenoxy) is 1. The molecule has 0 aliphatic rings. The monoisotopic (exact) mass is 187 g/mol. The molecule has 0 heterocycles. The Morgan fingerprint density at radius 3 is 2.38 bits per heavy atom. The first-order valence-corrected chi connectivity index (χ1v) is 4.06. The van der Waals surface area contributed by atoms with Gasteiger partial charge >= 0.3 is 6.09 Å². The average molecular weight is 187 g/mol. The van der Waals surface area contributed by atoms with Crippen LogP contribution in [0.5, 0.6) is 0 Å². The zero-order valence-corrected chi connectivity index (χ0v) is 8.64. The standard InChI is InChI=1S/C9H17NO3/c1-7(2)6-12-10-8(11)13-9(3,4)5/h1,6H2,2-5H3,(H,10,11). The van der Waals surface area contributed by atoms with Crippen LogP contribution in [0.1, 0.15) is 27.7 Å². The Kier molecular flexibility index (Phi) is 4.48. The maximum atomic E-state index is 11.0. The molecule has 0 aromatic heterocycles. The van der Waals surface area contributed by atoms with E-state index in [4.69, 9.17) is 9.57 Å². The predicted molar refractivity (Wildman–Crippen MR) is 50.1 cm³/mol. The molecule has 13 heavy (non-hydrogen) atoms. The number of hydrogen-bond donors (Lipinski definition) is 1. The molecule has 1 N–H and O–H groups in total. The third-order valence-corrected chi connectivity index (χ3v) is 0.873. The molecule has 0 aromatic carbocycles. The van der Waals surface area contributed by atoms with E-state index in [0.717, 1.165) is 5.57 Å². The van der Waals surface area contributed by atoms with Gasteiger partial charge in [-0.2, -0.15) is 5.48 Å². The fourth-order valence-electron chi connectivity index (χ4n) is 0.517. The molecule has 0 aromatic rings. The van der Waals surface area contributed by atoms with Crippen molar-refractivity contribution in [3.05, 3.63) is 12.2 Å². The van der Waals surface area contributed by atoms with Crippen LogP contribution in [0.3, 0.4) is 0 Å². The summed E-state index contributed by atoms with van der Waals surface area (Å²) in [6, 6.07) is 0. The van der Waals surface area contributed by atoms with E-state index in [1.807, 2.05) is 0 Å². The Bertz CT molecular complexity index is 194. The van der Waals surface area contributed by atoms with Gasteiger partial charge in [0.1, 0.15) is 5.60 Å². The summed E-state index contributed by atoms with van der Waals surface area (Å²) in [5.41, 5.74) is 2.47. The van der Waals surface area contributed by atoms with Crippen molar-refractivity contribution in [2.24, 2.45) is 0 Å². The van der Waals surface area contributed by atoms with Gasteiger partial charge in [-0.3, -0.25) is 4.84 Å². The van der Waals surface area contributed by atoms with Crippen LogP contribution in [0.2, 0.25) is 0 Å². The van der Waals surface area contributed by atoms with Gasteiger partial charge in [-0.1, -0.05) is 12.2 Å². The van der Waals surface area contributed by atoms with E-state index in [-0.39, 0.29) is 0 Å². The van der Waals surface area contributed by atoms with Gasteiger partial charge in [0.2, 0.25) is 0 Å². The summed E-state index contributed by atoms with van der Waals surface area (Å²) in [5.74, 6) is 0. The number of hydrogen-bond acceptors (Lipinski definition) is 3. The molecular formula is C9H17NO3. The average Bonchev–Trinajstić information content (AvgIpc) is 1.81. The zero-order chi connectivity index (χ0) is 10.5. The van der Waals surface area contributed by atoms with E-state index < -0.39 is 11.7 Å². The Morgan fingerprint density at radius 2 is 2.00 bits per heavy atom. The van der Waals surface area contributed by atoms with E-state index in [2.05, 4.69) is 12.1 Å². The number of amides is 1. The minimum atomic E-state index is -0.589. The van der Waals surface area contributed by atoms with E-state index in [9.17, 15) is 4.79 Å². The molecule has 0 aliphatic carbocycles. The van der Waals surface area contributed by atoms with Gasteiger partial charge in [0.15, 0.2) is 0 Å². The first-order valence-electron chi connectivity index (χ1n) is 4.06. The lowest BCUT2D eigenvalue weighted by molar-refractivity contribution is -0.00141. The molecule has 0 aliphatic heterocycles. The van der Waals surface area contributed by atoms with Gasteiger partial charge in [-0.05, 0) is 27.7 Å². The highest BCUT2D eigenvalue weighted by Crippen LogP contribution is 2.06. The Labute approximate surface area is 78.9 Å². The highest BCUT2D eigenvalue weighted by Gasteiger charge is 2.15. The lowest BCUT2D eigenvalue weighted by atomic mass is 10.2. The van der Waals surface area contributed by atoms with Crippen molar-refractivity contribution in [1.82, 2.24) is 5.48 Å². The van der Waals surface area contributed by atoms with Gasteiger partial charge in [-0.25, -0.2) is 4.79 Å². The molecule has 4 nitrogen and oxygen atoms in total. The topological polar surface area (TPSA) is 47.6 Å². The first-order chi connectivity index (χ1) is 5.81. The maximum Gasteiger partial charge on any atom is 0.431 e. The van der Waals surface area contributed by atoms with E-state index in [1.165, 1.54) is 0 Å². The highest BCUT2D eigenvalue weighted by molar-refractivity contribution is 5.66. The van der Waals surface area contributed by atoms with Crippen molar-refractivity contribution in [3.63, 3.8) is 0 Å². The van der Waals surface area contributed by atoms with Crippen LogP contribution in [-0.2, 0) is 9.57 Å². The van der Waals surface area contributed by atoms with Crippen LogP contribution in [-0.4, -0.2) is 18.3 Å². The van der Waals surface area contributed by atoms with Gasteiger partial charge in [0, 0.05) is 0 Å². The van der Waals surface area contributed by atoms with Crippen molar-refractivity contribution >= 4 is 6.09 Å². The minimum absolute atomic E-state index is 0.291. The molecule has 0 saturated carbocycles. The number of carbonyl (C=O) groups excluding carboxylic acids is 1. The third kappa shape index (κ3) is 8.88. The van der Waals surface area contributed by atoms with Crippen molar-refractivity contribution in [1.29, 1.82) is 0 Å². The Hall–Kier alpha value is -1.03. The fourth-order valence-corrected chi connectivity index (χ4v) is 0.517. The molecule has 0 unspecified atom stereocenters. The van der Waals surface area contributed by atoms with Gasteiger partial charge in [0.05, 0.1) is 6.61 Å². The summed E-state index contributed by atoms with van der Waals surface area (Å²) in [5, 5.41) is 0. The molecular weight excluding hydrogens is 170 g/mol. The second kappa shape index (κ2) is 4.87. The highest BCUT2D eigenvalue weighted by atomic mass is 16.7. The largest absolute Gasteiger partial charge is 0.442 e. The summed E-state index contributed by atoms with van der Waals surface area (Å²) < 4.78 is 4.91. The van der Waals surface area contributed by atoms with Crippen LogP contribution in [0.25, 0.3) is 0 Å². The van der Waals surface area contributed by atoms with E-state index in [1.54, 1.807) is 27.7 Å². The summed E-state index contributed by atoms with van der Waals surface area (Å²) >= 11 is 0. The van der Waals surface area contributed by atoms with E-state index >= 15 is 0 Å². The quantitative estimate of drug-likeness (QED) is 0.543. The molecule has 0 fully saturated rings. The van der Waals surface area contributed by atoms with Crippen molar-refractivity contribution in [3.8, 4) is 0 Å². The smallest absolute Gasteiger partial charge is 0.431 e. The zero-order valence-electron chi connectivity index (χ0n) is 8.64. The summed E-state index contributed by atoms with van der Waals surface area (Å²) in [4.78, 5) is 15.7. The molecule has 1 amide bonds. The Balaban J connectivity index is 3.59. The molecule has 0 spiro atoms. The summed E-state index contributed by atoms with van der Waals surface area (Å²) in [7, 11) is 0. The van der Waals surface area contributed by atoms with Crippen LogP contribution < -0.4 is 5.48 Å². The molecule has 0 rings (SSSR count). The summed E-state index contributed by atoms with van der Waals surface area (Å²) in [6.45, 7) is 11.1. The SMILES string of the molecule is C=C(C)CONC(=O)OC(C)(C)C. The van der Waals surface area contributed by atoms with Crippen LogP contribution >= 0.6 is 0 Å². The minimum Gasteiger partial charge on any atom is -0.442 e. The van der Waals surface area contributed by atoms with Crippen molar-refractivity contribution in [2.45, 2.75) is 33.3 Å². The van der Waals surface area contributed by atoms with E-state index in [0.29, 0.717) is 6.61 Å². The normalized spacial score (nSPS) is 10.8. The molecule has 4 heteroatoms. The third-order valence-electron chi connectivity index (χ3n) is 0.873. The van der Waals surface area contributed by atoms with Gasteiger partial charge in [-0.15, -0.1) is 0 Å². The van der Waals surface area contributed by atoms with Gasteiger partial charge < -0.3 is 4.74 Å². The Morgan fingerprint density at radius 1 is 1.46 bits per heavy atom. The number of carbonyl (C=O) groups is 1. The molecule has 0 atom stereocenters. The lowest BCUT2D eigenvalue weighted by Crippen LogP contribution is -2.32. The second-order valence-corrected chi connectivity index (χ2v) is 3.85. The van der Waals surface area contributed by atoms with Crippen LogP contribution in [0, 0.1) is 0 Å². The molecule has 0 radical (unpaired) electrons. The summed E-state index contributed by atoms with van der Waals surface area (Å²) in [6.07, 6.45) is -0.589. The first kappa shape index (κ1) is 12.0. The van der Waals surface area contributed by atoms with Crippen molar-refractivity contribution in [2.75, 3.05) is 6.61 Å². The van der Waals surface area contributed by atoms with Crippen LogP contribution in [0.4, 0.5) is 4.79 Å². The van der Waals surface area contributed by atoms with Crippen LogP contribution in [0.15, 0.2) is 12.2 Å². The maximum absolute atomic E-state index is 11.0. The predicted octanol–water partition coefficient (Wildman–Crippen LogP) is 2.02. The molecule has 0 bridgehead atoms. The second-order valence-electron chi connectivity index (χ2n) is 3.85. The molecule has 0 saturated heterocycles. The number of rotatable bonds is 3.